The maximum atomic E-state index is 13.2. The lowest BCUT2D eigenvalue weighted by Crippen LogP contribution is -2.03. The Morgan fingerprint density at radius 3 is 2.19 bits per heavy atom. The van der Waals surface area contributed by atoms with Gasteiger partial charge in [0.05, 0.1) is 0 Å². The van der Waals surface area contributed by atoms with Crippen LogP contribution in [0.4, 0.5) is 0 Å². The zero-order valence-electron chi connectivity index (χ0n) is 18.1. The van der Waals surface area contributed by atoms with E-state index in [1.807, 2.05) is 55.5 Å². The average molecular weight is 426 g/mol. The Balaban J connectivity index is 1.83. The summed E-state index contributed by atoms with van der Waals surface area (Å²) in [5, 5.41) is 5.18. The number of Topliss-reactive ketones (excluding diaryl/α,β-unsaturated/α-hetero) is 1. The summed E-state index contributed by atoms with van der Waals surface area (Å²) in [7, 11) is 0. The third kappa shape index (κ3) is 3.83. The van der Waals surface area contributed by atoms with Gasteiger partial charge in [-0.2, -0.15) is 0 Å². The number of benzene rings is 3. The maximum absolute atomic E-state index is 13.2. The van der Waals surface area contributed by atoms with Crippen LogP contribution in [-0.4, -0.2) is 28.3 Å². The molecular weight excluding hydrogens is 404 g/mol. The molecule has 0 radical (unpaired) electrons. The molecule has 160 valence electrons. The molecule has 0 bridgehead atoms. The van der Waals surface area contributed by atoms with E-state index < -0.39 is 5.97 Å². The highest BCUT2D eigenvalue weighted by Gasteiger charge is 2.16. The van der Waals surface area contributed by atoms with E-state index in [9.17, 15) is 14.4 Å². The number of fused-ring (bicyclic) bond motifs is 3. The van der Waals surface area contributed by atoms with Gasteiger partial charge in [0.2, 0.25) is 5.78 Å². The summed E-state index contributed by atoms with van der Waals surface area (Å²) < 4.78 is 2.15. The van der Waals surface area contributed by atoms with Gasteiger partial charge in [0, 0.05) is 52.0 Å². The minimum absolute atomic E-state index is 0.0388. The van der Waals surface area contributed by atoms with Gasteiger partial charge >= 0.3 is 5.97 Å². The molecule has 0 amide bonds. The van der Waals surface area contributed by atoms with E-state index in [0.717, 1.165) is 40.1 Å². The Kier molecular flexibility index (Phi) is 5.69. The molecule has 0 fully saturated rings. The van der Waals surface area contributed by atoms with Gasteiger partial charge in [-0.3, -0.25) is 9.59 Å². The monoisotopic (exact) mass is 426 g/mol. The predicted octanol–water partition coefficient (Wildman–Crippen LogP) is 5.09. The molecule has 1 aromatic heterocycles. The molecule has 1 heterocycles. The highest BCUT2D eigenvalue weighted by atomic mass is 16.7. The Bertz CT molecular complexity index is 1410. The van der Waals surface area contributed by atoms with E-state index in [1.54, 1.807) is 12.1 Å². The van der Waals surface area contributed by atoms with Gasteiger partial charge in [-0.25, -0.2) is 4.79 Å². The smallest absolute Gasteiger partial charge is 0.331 e. The molecule has 0 saturated carbocycles. The number of carbonyl (C=O) groups is 3. The summed E-state index contributed by atoms with van der Waals surface area (Å²) >= 11 is 0. The number of hydrogen-bond donors (Lipinski definition) is 0. The Labute approximate surface area is 185 Å². The molecule has 3 aromatic carbocycles. The first-order chi connectivity index (χ1) is 15.4. The molecule has 0 aliphatic carbocycles. The van der Waals surface area contributed by atoms with E-state index in [0.29, 0.717) is 16.7 Å². The molecule has 0 spiro atoms. The number of aromatic nitrogens is 1. The molecule has 0 aliphatic heterocycles. The number of carbonyl (C=O) groups excluding carboxylic acids is 3. The third-order valence-electron chi connectivity index (χ3n) is 5.47. The van der Waals surface area contributed by atoms with Crippen LogP contribution in [0, 0.1) is 6.92 Å². The number of ketones is 2. The first-order valence-corrected chi connectivity index (χ1v) is 10.3. The zero-order valence-corrected chi connectivity index (χ0v) is 18.1. The largest absolute Gasteiger partial charge is 0.341 e. The van der Waals surface area contributed by atoms with E-state index in [4.69, 9.17) is 0 Å². The second kappa shape index (κ2) is 8.59. The molecule has 0 unspecified atom stereocenters. The fraction of sp³-hybridized carbons (Fsp3) is 0.154. The first kappa shape index (κ1) is 21.2. The second-order valence-corrected chi connectivity index (χ2v) is 7.53. The Morgan fingerprint density at radius 1 is 0.938 bits per heavy atom. The van der Waals surface area contributed by atoms with Gasteiger partial charge in [0.25, 0.3) is 0 Å². The van der Waals surface area contributed by atoms with Gasteiger partial charge in [-0.1, -0.05) is 29.4 Å². The fourth-order valence-electron chi connectivity index (χ4n) is 3.95. The third-order valence-corrected chi connectivity index (χ3v) is 5.47. The Hall–Kier alpha value is -4.06. The quantitative estimate of drug-likeness (QED) is 0.186. The lowest BCUT2D eigenvalue weighted by atomic mass is 9.97. The first-order valence-electron chi connectivity index (χ1n) is 10.3. The SMILES string of the molecule is CCn1c2ccc(C(=O)C=NOC(C)=O)cc2c2cc(C(=O)c3ccccc3C)ccc21. The number of hydrogen-bond acceptors (Lipinski definition) is 5. The molecule has 0 saturated heterocycles. The molecule has 4 aromatic rings. The van der Waals surface area contributed by atoms with Crippen molar-refractivity contribution < 1.29 is 19.2 Å². The summed E-state index contributed by atoms with van der Waals surface area (Å²) in [5.41, 5.74) is 4.56. The van der Waals surface area contributed by atoms with Crippen LogP contribution in [0.15, 0.2) is 65.8 Å². The topological polar surface area (TPSA) is 77.7 Å². The van der Waals surface area contributed by atoms with Gasteiger partial charge in [-0.05, 0) is 55.8 Å². The van der Waals surface area contributed by atoms with Crippen LogP contribution in [0.3, 0.4) is 0 Å². The summed E-state index contributed by atoms with van der Waals surface area (Å²) in [6, 6.07) is 18.6. The summed E-state index contributed by atoms with van der Waals surface area (Å²) in [4.78, 5) is 41.0. The second-order valence-electron chi connectivity index (χ2n) is 7.53. The lowest BCUT2D eigenvalue weighted by molar-refractivity contribution is -0.140. The van der Waals surface area contributed by atoms with Gasteiger partial charge in [0.1, 0.15) is 6.21 Å². The van der Waals surface area contributed by atoms with Crippen LogP contribution < -0.4 is 0 Å². The van der Waals surface area contributed by atoms with Gasteiger partial charge < -0.3 is 9.40 Å². The zero-order chi connectivity index (χ0) is 22.8. The molecule has 4 rings (SSSR count). The maximum Gasteiger partial charge on any atom is 0.331 e. The molecule has 6 heteroatoms. The number of rotatable bonds is 6. The predicted molar refractivity (Wildman–Crippen MR) is 124 cm³/mol. The Morgan fingerprint density at radius 2 is 1.56 bits per heavy atom. The van der Waals surface area contributed by atoms with Crippen molar-refractivity contribution in [3.63, 3.8) is 0 Å². The summed E-state index contributed by atoms with van der Waals surface area (Å²) in [6.07, 6.45) is 0.981. The van der Waals surface area contributed by atoms with Crippen molar-refractivity contribution in [2.45, 2.75) is 27.3 Å². The van der Waals surface area contributed by atoms with E-state index in [-0.39, 0.29) is 11.6 Å². The van der Waals surface area contributed by atoms with Crippen LogP contribution in [0.25, 0.3) is 21.8 Å². The van der Waals surface area contributed by atoms with Crippen LogP contribution in [0.2, 0.25) is 0 Å². The van der Waals surface area contributed by atoms with Crippen molar-refractivity contribution in [1.29, 1.82) is 0 Å². The van der Waals surface area contributed by atoms with E-state index in [2.05, 4.69) is 21.5 Å². The van der Waals surface area contributed by atoms with Crippen LogP contribution in [0.1, 0.15) is 45.7 Å². The molecular formula is C26H22N2O4. The van der Waals surface area contributed by atoms with E-state index in [1.165, 1.54) is 6.92 Å². The van der Waals surface area contributed by atoms with Crippen LogP contribution in [0.5, 0.6) is 0 Å². The number of aryl methyl sites for hydroxylation is 2. The van der Waals surface area contributed by atoms with Crippen molar-refractivity contribution in [3.8, 4) is 0 Å². The van der Waals surface area contributed by atoms with Crippen molar-refractivity contribution in [1.82, 2.24) is 4.57 Å². The minimum Gasteiger partial charge on any atom is -0.341 e. The lowest BCUT2D eigenvalue weighted by Gasteiger charge is -2.06. The van der Waals surface area contributed by atoms with Gasteiger partial charge in [0.15, 0.2) is 5.78 Å². The summed E-state index contributed by atoms with van der Waals surface area (Å²) in [5.74, 6) is -1.01. The highest BCUT2D eigenvalue weighted by molar-refractivity contribution is 6.36. The highest BCUT2D eigenvalue weighted by Crippen LogP contribution is 2.31. The van der Waals surface area contributed by atoms with Crippen molar-refractivity contribution >= 4 is 45.6 Å². The normalized spacial score (nSPS) is 11.3. The van der Waals surface area contributed by atoms with E-state index >= 15 is 0 Å². The molecule has 32 heavy (non-hydrogen) atoms. The average Bonchev–Trinajstić information content (AvgIpc) is 3.10. The summed E-state index contributed by atoms with van der Waals surface area (Å²) in [6.45, 7) is 5.93. The number of nitrogens with zero attached hydrogens (tertiary/aromatic N) is 2. The van der Waals surface area contributed by atoms with Crippen LogP contribution in [-0.2, 0) is 16.2 Å². The molecule has 0 atom stereocenters. The van der Waals surface area contributed by atoms with Crippen molar-refractivity contribution in [3.05, 3.63) is 82.9 Å². The van der Waals surface area contributed by atoms with Crippen molar-refractivity contribution in [2.75, 3.05) is 0 Å². The minimum atomic E-state index is -0.596. The molecule has 6 nitrogen and oxygen atoms in total. The van der Waals surface area contributed by atoms with Crippen LogP contribution >= 0.6 is 0 Å². The van der Waals surface area contributed by atoms with Crippen molar-refractivity contribution in [2.24, 2.45) is 5.16 Å². The molecule has 0 N–H and O–H groups in total. The number of oxime groups is 1. The molecule has 0 aliphatic rings. The fourth-order valence-corrected chi connectivity index (χ4v) is 3.95. The standard InChI is InChI=1S/C26H22N2O4/c1-4-28-23-11-9-18(25(30)15-27-32-17(3)29)13-21(23)22-14-19(10-12-24(22)28)26(31)20-8-6-5-7-16(20)2/h5-15H,4H2,1-3H3. The van der Waals surface area contributed by atoms with Gasteiger partial charge in [-0.15, -0.1) is 0 Å².